The number of carbonyl (C=O) groups excluding carboxylic acids is 1. The third-order valence-corrected chi connectivity index (χ3v) is 5.36. The molecule has 0 radical (unpaired) electrons. The Hall–Kier alpha value is -1.34. The zero-order chi connectivity index (χ0) is 15.5. The Morgan fingerprint density at radius 2 is 2.00 bits per heavy atom. The molecule has 1 amide bonds. The number of thiophene rings is 1. The summed E-state index contributed by atoms with van der Waals surface area (Å²) < 4.78 is 2.04. The van der Waals surface area contributed by atoms with Gasteiger partial charge in [-0.05, 0) is 18.2 Å². The Kier molecular flexibility index (Phi) is 4.83. The molecule has 0 atom stereocenters. The molecule has 22 heavy (non-hydrogen) atoms. The van der Waals surface area contributed by atoms with Crippen LogP contribution in [0, 0.1) is 0 Å². The zero-order valence-electron chi connectivity index (χ0n) is 11.2. The highest BCUT2D eigenvalue weighted by atomic mass is 35.5. The fourth-order valence-electron chi connectivity index (χ4n) is 1.88. The maximum atomic E-state index is 11.9. The monoisotopic (exact) mass is 371 g/mol. The molecule has 8 heteroatoms. The summed E-state index contributed by atoms with van der Waals surface area (Å²) in [5.41, 5.74) is 1.38. The van der Waals surface area contributed by atoms with E-state index in [-0.39, 0.29) is 5.91 Å². The molecule has 3 aromatic rings. The predicted octanol–water partition coefficient (Wildman–Crippen LogP) is 4.51. The van der Waals surface area contributed by atoms with E-state index in [0.717, 1.165) is 15.3 Å². The summed E-state index contributed by atoms with van der Waals surface area (Å²) in [6.07, 6.45) is 0. The molecule has 2 heterocycles. The van der Waals surface area contributed by atoms with Crippen molar-refractivity contribution in [2.75, 3.05) is 18.4 Å². The van der Waals surface area contributed by atoms with E-state index >= 15 is 0 Å². The van der Waals surface area contributed by atoms with Crippen LogP contribution in [0.15, 0.2) is 30.3 Å². The summed E-state index contributed by atoms with van der Waals surface area (Å²) >= 11 is 14.5. The topological polar surface area (TPSA) is 54.0 Å². The van der Waals surface area contributed by atoms with Crippen molar-refractivity contribution in [3.05, 3.63) is 44.6 Å². The van der Waals surface area contributed by atoms with Gasteiger partial charge in [-0.3, -0.25) is 4.79 Å². The number of para-hydroxylation sites is 1. The summed E-state index contributed by atoms with van der Waals surface area (Å²) in [5.74, 6) is -0.223. The van der Waals surface area contributed by atoms with Gasteiger partial charge in [0.05, 0.1) is 20.1 Å². The van der Waals surface area contributed by atoms with E-state index in [4.69, 9.17) is 23.2 Å². The van der Waals surface area contributed by atoms with Gasteiger partial charge >= 0.3 is 0 Å². The van der Waals surface area contributed by atoms with Crippen LogP contribution < -0.4 is 10.6 Å². The summed E-state index contributed by atoms with van der Waals surface area (Å²) in [7, 11) is 0. The Bertz CT molecular complexity index is 782. The second kappa shape index (κ2) is 6.83. The average Bonchev–Trinajstić information content (AvgIpc) is 3.05. The van der Waals surface area contributed by atoms with Crippen LogP contribution in [0.5, 0.6) is 0 Å². The number of nitrogens with one attached hydrogen (secondary N) is 2. The Morgan fingerprint density at radius 3 is 2.73 bits per heavy atom. The first-order valence-corrected chi connectivity index (χ1v) is 8.85. The van der Waals surface area contributed by atoms with Crippen molar-refractivity contribution < 1.29 is 4.79 Å². The summed E-state index contributed by atoms with van der Waals surface area (Å²) in [4.78, 5) is 16.4. The minimum Gasteiger partial charge on any atom is -0.360 e. The highest BCUT2D eigenvalue weighted by Crippen LogP contribution is 2.31. The third kappa shape index (κ3) is 3.52. The molecule has 0 saturated heterocycles. The number of halogens is 2. The first kappa shape index (κ1) is 15.6. The van der Waals surface area contributed by atoms with E-state index in [0.29, 0.717) is 27.3 Å². The largest absolute Gasteiger partial charge is 0.360 e. The van der Waals surface area contributed by atoms with Crippen molar-refractivity contribution in [2.45, 2.75) is 0 Å². The molecule has 3 rings (SSSR count). The molecule has 1 aromatic carbocycles. The van der Waals surface area contributed by atoms with Gasteiger partial charge in [-0.2, -0.15) is 0 Å². The second-order valence-electron chi connectivity index (χ2n) is 4.41. The van der Waals surface area contributed by atoms with Crippen LogP contribution in [0.4, 0.5) is 5.13 Å². The molecular weight excluding hydrogens is 361 g/mol. The highest BCUT2D eigenvalue weighted by molar-refractivity contribution is 7.22. The van der Waals surface area contributed by atoms with Gasteiger partial charge in [-0.1, -0.05) is 46.7 Å². The van der Waals surface area contributed by atoms with Gasteiger partial charge in [0.25, 0.3) is 5.91 Å². The van der Waals surface area contributed by atoms with Crippen molar-refractivity contribution in [2.24, 2.45) is 0 Å². The Balaban J connectivity index is 1.51. The van der Waals surface area contributed by atoms with Crippen molar-refractivity contribution in [3.8, 4) is 0 Å². The Labute approximate surface area is 145 Å². The molecule has 0 spiro atoms. The maximum absolute atomic E-state index is 11.9. The number of hydrogen-bond acceptors (Lipinski definition) is 5. The van der Waals surface area contributed by atoms with E-state index in [1.807, 2.05) is 24.3 Å². The molecule has 0 aliphatic rings. The van der Waals surface area contributed by atoms with E-state index in [1.54, 1.807) is 17.4 Å². The lowest BCUT2D eigenvalue weighted by Crippen LogP contribution is -2.28. The van der Waals surface area contributed by atoms with E-state index in [2.05, 4.69) is 15.6 Å². The van der Waals surface area contributed by atoms with E-state index < -0.39 is 0 Å². The van der Waals surface area contributed by atoms with Crippen LogP contribution in [0.1, 0.15) is 10.4 Å². The van der Waals surface area contributed by atoms with Crippen LogP contribution >= 0.6 is 45.9 Å². The number of thiazole rings is 1. The van der Waals surface area contributed by atoms with Gasteiger partial charge in [0, 0.05) is 13.1 Å². The van der Waals surface area contributed by atoms with E-state index in [9.17, 15) is 4.79 Å². The van der Waals surface area contributed by atoms with Crippen LogP contribution in [-0.4, -0.2) is 24.0 Å². The normalized spacial score (nSPS) is 10.8. The standard InChI is InChI=1S/C14H11Cl2N3OS2/c15-11-7-8(12(16)22-11)13(20)17-5-6-18-14-19-9-3-1-2-4-10(9)21-14/h1-4,7H,5-6H2,(H,17,20)(H,18,19). The van der Waals surface area contributed by atoms with Gasteiger partial charge in [-0.25, -0.2) is 4.98 Å². The molecule has 2 N–H and O–H groups in total. The van der Waals surface area contributed by atoms with Gasteiger partial charge in [-0.15, -0.1) is 11.3 Å². The van der Waals surface area contributed by atoms with Gasteiger partial charge in [0.1, 0.15) is 4.34 Å². The number of rotatable bonds is 5. The molecule has 4 nitrogen and oxygen atoms in total. The van der Waals surface area contributed by atoms with Crippen LogP contribution in [0.25, 0.3) is 10.2 Å². The number of amides is 1. The molecule has 0 bridgehead atoms. The molecular formula is C14H11Cl2N3OS2. The van der Waals surface area contributed by atoms with E-state index in [1.165, 1.54) is 11.3 Å². The average molecular weight is 372 g/mol. The van der Waals surface area contributed by atoms with Gasteiger partial charge in [0.15, 0.2) is 5.13 Å². The lowest BCUT2D eigenvalue weighted by molar-refractivity contribution is 0.0956. The van der Waals surface area contributed by atoms with Crippen LogP contribution in [0.2, 0.25) is 8.67 Å². The molecule has 0 saturated carbocycles. The quantitative estimate of drug-likeness (QED) is 0.648. The van der Waals surface area contributed by atoms with Crippen molar-refractivity contribution in [1.82, 2.24) is 10.3 Å². The molecule has 2 aromatic heterocycles. The summed E-state index contributed by atoms with van der Waals surface area (Å²) in [6, 6.07) is 9.52. The number of fused-ring (bicyclic) bond motifs is 1. The van der Waals surface area contributed by atoms with Crippen LogP contribution in [-0.2, 0) is 0 Å². The minimum atomic E-state index is -0.223. The molecule has 0 aliphatic heterocycles. The number of anilines is 1. The smallest absolute Gasteiger partial charge is 0.253 e. The predicted molar refractivity (Wildman–Crippen MR) is 94.8 cm³/mol. The fraction of sp³-hybridized carbons (Fsp3) is 0.143. The first-order chi connectivity index (χ1) is 10.6. The van der Waals surface area contributed by atoms with Gasteiger partial charge < -0.3 is 10.6 Å². The lowest BCUT2D eigenvalue weighted by Gasteiger charge is -2.05. The first-order valence-electron chi connectivity index (χ1n) is 6.46. The molecule has 114 valence electrons. The van der Waals surface area contributed by atoms with Crippen LogP contribution in [0.3, 0.4) is 0 Å². The number of nitrogens with zero attached hydrogens (tertiary/aromatic N) is 1. The van der Waals surface area contributed by atoms with Crippen molar-refractivity contribution in [3.63, 3.8) is 0 Å². The zero-order valence-corrected chi connectivity index (χ0v) is 14.4. The molecule has 0 fully saturated rings. The summed E-state index contributed by atoms with van der Waals surface area (Å²) in [5, 5.41) is 6.83. The molecule has 0 unspecified atom stereocenters. The third-order valence-electron chi connectivity index (χ3n) is 2.88. The Morgan fingerprint density at radius 1 is 1.18 bits per heavy atom. The van der Waals surface area contributed by atoms with Gasteiger partial charge in [0.2, 0.25) is 0 Å². The number of benzene rings is 1. The number of aromatic nitrogens is 1. The SMILES string of the molecule is O=C(NCCNc1nc2ccccc2s1)c1cc(Cl)sc1Cl. The minimum absolute atomic E-state index is 0.223. The molecule has 0 aliphatic carbocycles. The number of carbonyl (C=O) groups is 1. The summed E-state index contributed by atoms with van der Waals surface area (Å²) in [6.45, 7) is 1.06. The lowest BCUT2D eigenvalue weighted by atomic mass is 10.3. The second-order valence-corrected chi connectivity index (χ2v) is 7.72. The van der Waals surface area contributed by atoms with Crippen molar-refractivity contribution in [1.29, 1.82) is 0 Å². The fourth-order valence-corrected chi connectivity index (χ4v) is 4.23. The van der Waals surface area contributed by atoms with Crippen molar-refractivity contribution >= 4 is 67.1 Å². The highest BCUT2D eigenvalue weighted by Gasteiger charge is 2.13. The number of hydrogen-bond donors (Lipinski definition) is 2. The maximum Gasteiger partial charge on any atom is 0.253 e.